The van der Waals surface area contributed by atoms with Crippen LogP contribution in [0.1, 0.15) is 24.0 Å². The fraction of sp³-hybridized carbons (Fsp3) is 0.500. The van der Waals surface area contributed by atoms with Crippen molar-refractivity contribution in [3.8, 4) is 0 Å². The summed E-state index contributed by atoms with van der Waals surface area (Å²) in [4.78, 5) is 23.4. The molecule has 0 spiro atoms. The number of carboxylic acids is 1. The van der Waals surface area contributed by atoms with Crippen molar-refractivity contribution in [1.29, 1.82) is 0 Å². The lowest BCUT2D eigenvalue weighted by Gasteiger charge is -2.33. The van der Waals surface area contributed by atoms with Crippen LogP contribution in [0.2, 0.25) is 0 Å². The molecular formula is C16H21NO4. The average molecular weight is 291 g/mol. The van der Waals surface area contributed by atoms with Crippen LogP contribution in [0, 0.1) is 12.3 Å². The van der Waals surface area contributed by atoms with Crippen molar-refractivity contribution in [3.05, 3.63) is 35.4 Å². The van der Waals surface area contributed by atoms with E-state index in [4.69, 9.17) is 4.74 Å². The highest BCUT2D eigenvalue weighted by molar-refractivity contribution is 5.80. The van der Waals surface area contributed by atoms with Crippen LogP contribution in [0.15, 0.2) is 24.3 Å². The molecule has 21 heavy (non-hydrogen) atoms. The summed E-state index contributed by atoms with van der Waals surface area (Å²) >= 11 is 0. The molecule has 5 heteroatoms. The van der Waals surface area contributed by atoms with E-state index in [1.54, 1.807) is 0 Å². The van der Waals surface area contributed by atoms with Gasteiger partial charge in [-0.3, -0.25) is 9.59 Å². The lowest BCUT2D eigenvalue weighted by Crippen LogP contribution is -2.46. The predicted octanol–water partition coefficient (Wildman–Crippen LogP) is 1.54. The predicted molar refractivity (Wildman–Crippen MR) is 78.0 cm³/mol. The van der Waals surface area contributed by atoms with Gasteiger partial charge >= 0.3 is 5.97 Å². The van der Waals surface area contributed by atoms with Crippen LogP contribution < -0.4 is 5.32 Å². The largest absolute Gasteiger partial charge is 0.481 e. The van der Waals surface area contributed by atoms with Gasteiger partial charge in [-0.1, -0.05) is 29.8 Å². The Morgan fingerprint density at radius 3 is 2.43 bits per heavy atom. The molecule has 1 aromatic carbocycles. The molecule has 0 aliphatic carbocycles. The quantitative estimate of drug-likeness (QED) is 0.862. The number of hydrogen-bond acceptors (Lipinski definition) is 3. The third-order valence-corrected chi connectivity index (χ3v) is 4.01. The lowest BCUT2D eigenvalue weighted by atomic mass is 9.80. The van der Waals surface area contributed by atoms with Gasteiger partial charge in [-0.2, -0.15) is 0 Å². The van der Waals surface area contributed by atoms with Crippen molar-refractivity contribution >= 4 is 11.9 Å². The second-order valence-corrected chi connectivity index (χ2v) is 5.64. The van der Waals surface area contributed by atoms with Crippen LogP contribution in [-0.2, 0) is 20.7 Å². The molecule has 1 aromatic rings. The number of amides is 1. The SMILES string of the molecule is Cc1ccc(CC(=O)NCC2(C(=O)O)CCOCC2)cc1. The first kappa shape index (κ1) is 15.5. The number of benzene rings is 1. The van der Waals surface area contributed by atoms with Gasteiger partial charge in [-0.05, 0) is 25.3 Å². The summed E-state index contributed by atoms with van der Waals surface area (Å²) in [6.07, 6.45) is 1.15. The van der Waals surface area contributed by atoms with Crippen LogP contribution in [0.4, 0.5) is 0 Å². The average Bonchev–Trinajstić information content (AvgIpc) is 2.48. The number of nitrogens with one attached hydrogen (secondary N) is 1. The molecule has 1 aliphatic rings. The highest BCUT2D eigenvalue weighted by Crippen LogP contribution is 2.30. The van der Waals surface area contributed by atoms with Crippen molar-refractivity contribution < 1.29 is 19.4 Å². The van der Waals surface area contributed by atoms with Gasteiger partial charge < -0.3 is 15.2 Å². The number of aryl methyl sites for hydroxylation is 1. The Bertz CT molecular complexity index is 504. The smallest absolute Gasteiger partial charge is 0.311 e. The van der Waals surface area contributed by atoms with E-state index in [1.807, 2.05) is 31.2 Å². The van der Waals surface area contributed by atoms with Crippen LogP contribution in [0.25, 0.3) is 0 Å². The van der Waals surface area contributed by atoms with Gasteiger partial charge in [0.25, 0.3) is 0 Å². The summed E-state index contributed by atoms with van der Waals surface area (Å²) < 4.78 is 5.21. The third kappa shape index (κ3) is 4.04. The highest BCUT2D eigenvalue weighted by atomic mass is 16.5. The topological polar surface area (TPSA) is 75.6 Å². The van der Waals surface area contributed by atoms with Crippen LogP contribution in [0.5, 0.6) is 0 Å². The molecule has 1 saturated heterocycles. The maximum atomic E-state index is 12.0. The first-order chi connectivity index (χ1) is 10.0. The van der Waals surface area contributed by atoms with Crippen molar-refractivity contribution in [1.82, 2.24) is 5.32 Å². The Morgan fingerprint density at radius 2 is 1.86 bits per heavy atom. The Balaban J connectivity index is 1.90. The third-order valence-electron chi connectivity index (χ3n) is 4.01. The summed E-state index contributed by atoms with van der Waals surface area (Å²) in [7, 11) is 0. The fourth-order valence-corrected chi connectivity index (χ4v) is 2.45. The summed E-state index contributed by atoms with van der Waals surface area (Å²) in [6.45, 7) is 3.02. The van der Waals surface area contributed by atoms with Gasteiger partial charge in [0.1, 0.15) is 0 Å². The number of carboxylic acid groups (broad SMARTS) is 1. The first-order valence-corrected chi connectivity index (χ1v) is 7.15. The van der Waals surface area contributed by atoms with E-state index >= 15 is 0 Å². The molecule has 0 atom stereocenters. The number of carbonyl (C=O) groups excluding carboxylic acids is 1. The molecule has 1 aliphatic heterocycles. The molecule has 0 bridgehead atoms. The molecule has 114 valence electrons. The standard InChI is InChI=1S/C16H21NO4/c1-12-2-4-13(5-3-12)10-14(18)17-11-16(15(19)20)6-8-21-9-7-16/h2-5H,6-11H2,1H3,(H,17,18)(H,19,20). The highest BCUT2D eigenvalue weighted by Gasteiger charge is 2.40. The molecule has 0 aromatic heterocycles. The number of aliphatic carboxylic acids is 1. The van der Waals surface area contributed by atoms with Crippen molar-refractivity contribution in [3.63, 3.8) is 0 Å². The Kier molecular flexibility index (Phi) is 4.96. The van der Waals surface area contributed by atoms with E-state index in [0.29, 0.717) is 26.1 Å². The zero-order chi connectivity index (χ0) is 15.3. The van der Waals surface area contributed by atoms with Gasteiger partial charge in [0, 0.05) is 19.8 Å². The Labute approximate surface area is 124 Å². The van der Waals surface area contributed by atoms with Gasteiger partial charge in [-0.15, -0.1) is 0 Å². The molecule has 0 unspecified atom stereocenters. The van der Waals surface area contributed by atoms with Crippen LogP contribution >= 0.6 is 0 Å². The van der Waals surface area contributed by atoms with Crippen LogP contribution in [-0.4, -0.2) is 36.7 Å². The zero-order valence-electron chi connectivity index (χ0n) is 12.2. The Morgan fingerprint density at radius 1 is 1.24 bits per heavy atom. The summed E-state index contributed by atoms with van der Waals surface area (Å²) in [5.41, 5.74) is 1.18. The molecule has 2 N–H and O–H groups in total. The second-order valence-electron chi connectivity index (χ2n) is 5.64. The molecular weight excluding hydrogens is 270 g/mol. The molecule has 1 heterocycles. The maximum absolute atomic E-state index is 12.0. The van der Waals surface area contributed by atoms with E-state index in [9.17, 15) is 14.7 Å². The molecule has 1 amide bonds. The van der Waals surface area contributed by atoms with Gasteiger partial charge in [0.15, 0.2) is 0 Å². The van der Waals surface area contributed by atoms with E-state index in [-0.39, 0.29) is 18.9 Å². The molecule has 2 rings (SSSR count). The van der Waals surface area contributed by atoms with Crippen molar-refractivity contribution in [2.75, 3.05) is 19.8 Å². The number of hydrogen-bond donors (Lipinski definition) is 2. The monoisotopic (exact) mass is 291 g/mol. The Hall–Kier alpha value is -1.88. The van der Waals surface area contributed by atoms with Gasteiger partial charge in [0.05, 0.1) is 11.8 Å². The molecule has 0 saturated carbocycles. The number of carbonyl (C=O) groups is 2. The normalized spacial score (nSPS) is 17.2. The van der Waals surface area contributed by atoms with E-state index < -0.39 is 11.4 Å². The summed E-state index contributed by atoms with van der Waals surface area (Å²) in [5, 5.41) is 12.2. The minimum atomic E-state index is -0.888. The number of rotatable bonds is 5. The fourth-order valence-electron chi connectivity index (χ4n) is 2.45. The molecule has 0 radical (unpaired) electrons. The second kappa shape index (κ2) is 6.72. The van der Waals surface area contributed by atoms with Gasteiger partial charge in [-0.25, -0.2) is 0 Å². The van der Waals surface area contributed by atoms with E-state index in [1.165, 1.54) is 0 Å². The minimum absolute atomic E-state index is 0.147. The van der Waals surface area contributed by atoms with E-state index in [2.05, 4.69) is 5.32 Å². The molecule has 5 nitrogen and oxygen atoms in total. The first-order valence-electron chi connectivity index (χ1n) is 7.15. The summed E-state index contributed by atoms with van der Waals surface area (Å²) in [6, 6.07) is 7.74. The van der Waals surface area contributed by atoms with E-state index in [0.717, 1.165) is 11.1 Å². The molecule has 1 fully saturated rings. The van der Waals surface area contributed by atoms with Crippen LogP contribution in [0.3, 0.4) is 0 Å². The number of ether oxygens (including phenoxy) is 1. The van der Waals surface area contributed by atoms with Crippen molar-refractivity contribution in [2.24, 2.45) is 5.41 Å². The maximum Gasteiger partial charge on any atom is 0.311 e. The minimum Gasteiger partial charge on any atom is -0.481 e. The zero-order valence-corrected chi connectivity index (χ0v) is 12.2. The van der Waals surface area contributed by atoms with Crippen molar-refractivity contribution in [2.45, 2.75) is 26.2 Å². The van der Waals surface area contributed by atoms with Gasteiger partial charge in [0.2, 0.25) is 5.91 Å². The lowest BCUT2D eigenvalue weighted by molar-refractivity contribution is -0.154. The summed E-state index contributed by atoms with van der Waals surface area (Å²) in [5.74, 6) is -1.01.